The van der Waals surface area contributed by atoms with Gasteiger partial charge in [0.25, 0.3) is 0 Å². The highest BCUT2D eigenvalue weighted by atomic mass is 19.1. The van der Waals surface area contributed by atoms with Crippen LogP contribution in [0.1, 0.15) is 32.4 Å². The topological polar surface area (TPSA) is 40.5 Å². The summed E-state index contributed by atoms with van der Waals surface area (Å²) in [6.45, 7) is 5.80. The minimum atomic E-state index is -0.854. The average molecular weight is 239 g/mol. The first-order valence-electron chi connectivity index (χ1n) is 5.64. The Kier molecular flexibility index (Phi) is 4.63. The zero-order chi connectivity index (χ0) is 13.0. The highest BCUT2D eigenvalue weighted by molar-refractivity contribution is 5.69. The normalized spacial score (nSPS) is 13.1. The van der Waals surface area contributed by atoms with Gasteiger partial charge in [0.2, 0.25) is 0 Å². The summed E-state index contributed by atoms with van der Waals surface area (Å²) in [4.78, 5) is 12.7. The van der Waals surface area contributed by atoms with Crippen molar-refractivity contribution in [1.29, 1.82) is 0 Å². The Morgan fingerprint density at radius 3 is 2.24 bits per heavy atom. The lowest BCUT2D eigenvalue weighted by molar-refractivity contribution is -0.139. The molecule has 0 aliphatic heterocycles. The van der Waals surface area contributed by atoms with E-state index in [-0.39, 0.29) is 24.4 Å². The SMILES string of the molecule is CC(C)N(CC(=O)O)C(C)c1ccc(F)cc1. The van der Waals surface area contributed by atoms with E-state index >= 15 is 0 Å². The van der Waals surface area contributed by atoms with E-state index < -0.39 is 5.97 Å². The first kappa shape index (κ1) is 13.6. The van der Waals surface area contributed by atoms with Crippen LogP contribution in [0.2, 0.25) is 0 Å². The molecule has 1 aromatic rings. The number of nitrogens with zero attached hydrogens (tertiary/aromatic N) is 1. The summed E-state index contributed by atoms with van der Waals surface area (Å²) in [7, 11) is 0. The monoisotopic (exact) mass is 239 g/mol. The van der Waals surface area contributed by atoms with Gasteiger partial charge in [-0.15, -0.1) is 0 Å². The van der Waals surface area contributed by atoms with E-state index in [0.29, 0.717) is 0 Å². The van der Waals surface area contributed by atoms with E-state index in [1.807, 2.05) is 25.7 Å². The number of benzene rings is 1. The number of halogens is 1. The molecule has 1 rings (SSSR count). The van der Waals surface area contributed by atoms with Crippen LogP contribution in [-0.4, -0.2) is 28.6 Å². The molecule has 0 radical (unpaired) electrons. The molecule has 0 aromatic heterocycles. The Bertz CT molecular complexity index is 376. The number of hydrogen-bond donors (Lipinski definition) is 1. The van der Waals surface area contributed by atoms with Crippen molar-refractivity contribution in [2.24, 2.45) is 0 Å². The molecule has 17 heavy (non-hydrogen) atoms. The van der Waals surface area contributed by atoms with Crippen molar-refractivity contribution >= 4 is 5.97 Å². The summed E-state index contributed by atoms with van der Waals surface area (Å²) in [6.07, 6.45) is 0. The third kappa shape index (κ3) is 3.82. The van der Waals surface area contributed by atoms with Crippen LogP contribution in [0.15, 0.2) is 24.3 Å². The fraction of sp³-hybridized carbons (Fsp3) is 0.462. The van der Waals surface area contributed by atoms with E-state index in [1.165, 1.54) is 12.1 Å². The smallest absolute Gasteiger partial charge is 0.317 e. The van der Waals surface area contributed by atoms with Crippen LogP contribution >= 0.6 is 0 Å². The van der Waals surface area contributed by atoms with Gasteiger partial charge in [-0.3, -0.25) is 9.69 Å². The van der Waals surface area contributed by atoms with Crippen LogP contribution in [0.3, 0.4) is 0 Å². The number of carbonyl (C=O) groups is 1. The van der Waals surface area contributed by atoms with Gasteiger partial charge in [0.1, 0.15) is 5.82 Å². The third-order valence-electron chi connectivity index (χ3n) is 2.83. The van der Waals surface area contributed by atoms with E-state index in [0.717, 1.165) is 5.56 Å². The van der Waals surface area contributed by atoms with Crippen LogP contribution in [0.4, 0.5) is 4.39 Å². The summed E-state index contributed by atoms with van der Waals surface area (Å²) in [5.74, 6) is -1.14. The van der Waals surface area contributed by atoms with Gasteiger partial charge < -0.3 is 5.11 Å². The summed E-state index contributed by atoms with van der Waals surface area (Å²) >= 11 is 0. The molecule has 0 spiro atoms. The van der Waals surface area contributed by atoms with Crippen LogP contribution in [0, 0.1) is 5.82 Å². The molecule has 0 amide bonds. The second-order valence-corrected chi connectivity index (χ2v) is 4.39. The Morgan fingerprint density at radius 1 is 1.29 bits per heavy atom. The van der Waals surface area contributed by atoms with Gasteiger partial charge in [-0.25, -0.2) is 4.39 Å². The Morgan fingerprint density at radius 2 is 1.82 bits per heavy atom. The van der Waals surface area contributed by atoms with Gasteiger partial charge in [0, 0.05) is 12.1 Å². The molecule has 1 aromatic carbocycles. The fourth-order valence-electron chi connectivity index (χ4n) is 1.86. The first-order valence-corrected chi connectivity index (χ1v) is 5.64. The van der Waals surface area contributed by atoms with Crippen molar-refractivity contribution in [1.82, 2.24) is 4.90 Å². The molecule has 0 heterocycles. The molecule has 0 aliphatic rings. The van der Waals surface area contributed by atoms with Crippen molar-refractivity contribution in [2.75, 3.05) is 6.54 Å². The molecule has 0 bridgehead atoms. The van der Waals surface area contributed by atoms with Gasteiger partial charge in [-0.2, -0.15) is 0 Å². The fourth-order valence-corrected chi connectivity index (χ4v) is 1.86. The third-order valence-corrected chi connectivity index (χ3v) is 2.83. The standard InChI is InChI=1S/C13H18FNO2/c1-9(2)15(8-13(16)17)10(3)11-4-6-12(14)7-5-11/h4-7,9-10H,8H2,1-3H3,(H,16,17). The number of carboxylic acids is 1. The van der Waals surface area contributed by atoms with Crippen molar-refractivity contribution < 1.29 is 14.3 Å². The quantitative estimate of drug-likeness (QED) is 0.858. The number of rotatable bonds is 5. The van der Waals surface area contributed by atoms with Gasteiger partial charge in [0.15, 0.2) is 0 Å². The zero-order valence-corrected chi connectivity index (χ0v) is 10.4. The maximum absolute atomic E-state index is 12.8. The maximum Gasteiger partial charge on any atom is 0.317 e. The molecule has 1 N–H and O–H groups in total. The number of carboxylic acid groups (broad SMARTS) is 1. The van der Waals surface area contributed by atoms with Gasteiger partial charge in [-0.1, -0.05) is 12.1 Å². The summed E-state index contributed by atoms with van der Waals surface area (Å²) in [5, 5.41) is 8.87. The lowest BCUT2D eigenvalue weighted by Gasteiger charge is -2.31. The lowest BCUT2D eigenvalue weighted by atomic mass is 10.1. The van der Waals surface area contributed by atoms with E-state index in [2.05, 4.69) is 0 Å². The Hall–Kier alpha value is -1.42. The zero-order valence-electron chi connectivity index (χ0n) is 10.4. The van der Waals surface area contributed by atoms with Gasteiger partial charge in [0.05, 0.1) is 6.54 Å². The summed E-state index contributed by atoms with van der Waals surface area (Å²) in [6, 6.07) is 6.24. The van der Waals surface area contributed by atoms with Crippen LogP contribution < -0.4 is 0 Å². The molecule has 94 valence electrons. The molecule has 0 fully saturated rings. The molecule has 0 saturated carbocycles. The van der Waals surface area contributed by atoms with E-state index in [4.69, 9.17) is 5.11 Å². The molecule has 3 nitrogen and oxygen atoms in total. The minimum Gasteiger partial charge on any atom is -0.480 e. The number of aliphatic carboxylic acids is 1. The second kappa shape index (κ2) is 5.77. The van der Waals surface area contributed by atoms with Crippen LogP contribution in [0.5, 0.6) is 0 Å². The van der Waals surface area contributed by atoms with Crippen LogP contribution in [-0.2, 0) is 4.79 Å². The van der Waals surface area contributed by atoms with E-state index in [9.17, 15) is 9.18 Å². The van der Waals surface area contributed by atoms with Crippen molar-refractivity contribution in [3.05, 3.63) is 35.6 Å². The highest BCUT2D eigenvalue weighted by Gasteiger charge is 2.21. The van der Waals surface area contributed by atoms with Crippen molar-refractivity contribution in [2.45, 2.75) is 32.9 Å². The largest absolute Gasteiger partial charge is 0.480 e. The van der Waals surface area contributed by atoms with E-state index in [1.54, 1.807) is 12.1 Å². The first-order chi connectivity index (χ1) is 7.91. The molecule has 1 atom stereocenters. The molecule has 0 saturated heterocycles. The van der Waals surface area contributed by atoms with Crippen molar-refractivity contribution in [3.63, 3.8) is 0 Å². The summed E-state index contributed by atoms with van der Waals surface area (Å²) < 4.78 is 12.8. The predicted molar refractivity (Wildman–Crippen MR) is 64.3 cm³/mol. The number of hydrogen-bond acceptors (Lipinski definition) is 2. The molecular formula is C13H18FNO2. The lowest BCUT2D eigenvalue weighted by Crippen LogP contribution is -2.37. The average Bonchev–Trinajstić information content (AvgIpc) is 2.25. The predicted octanol–water partition coefficient (Wildman–Crippen LogP) is 2.68. The minimum absolute atomic E-state index is 0.0176. The van der Waals surface area contributed by atoms with Gasteiger partial charge in [-0.05, 0) is 38.5 Å². The Labute approximate surface area is 101 Å². The molecule has 1 unspecified atom stereocenters. The second-order valence-electron chi connectivity index (χ2n) is 4.39. The summed E-state index contributed by atoms with van der Waals surface area (Å²) in [5.41, 5.74) is 0.918. The maximum atomic E-state index is 12.8. The van der Waals surface area contributed by atoms with Crippen LogP contribution in [0.25, 0.3) is 0 Å². The van der Waals surface area contributed by atoms with Crippen molar-refractivity contribution in [3.8, 4) is 0 Å². The Balaban J connectivity index is 2.87. The molecule has 0 aliphatic carbocycles. The molecule has 4 heteroatoms. The highest BCUT2D eigenvalue weighted by Crippen LogP contribution is 2.22. The van der Waals surface area contributed by atoms with Gasteiger partial charge >= 0.3 is 5.97 Å². The molecular weight excluding hydrogens is 221 g/mol.